The summed E-state index contributed by atoms with van der Waals surface area (Å²) in [4.78, 5) is 7.61. The first kappa shape index (κ1) is 34.7. The van der Waals surface area contributed by atoms with Gasteiger partial charge in [0.1, 0.15) is 32.8 Å². The van der Waals surface area contributed by atoms with E-state index in [4.69, 9.17) is 10.7 Å². The van der Waals surface area contributed by atoms with Crippen LogP contribution in [0.1, 0.15) is 24.2 Å². The monoisotopic (exact) mass is 720 g/mol. The summed E-state index contributed by atoms with van der Waals surface area (Å²) in [6.45, 7) is 2.93. The third-order valence-corrected chi connectivity index (χ3v) is 12.1. The van der Waals surface area contributed by atoms with Gasteiger partial charge >= 0.3 is 0 Å². The van der Waals surface area contributed by atoms with Crippen LogP contribution in [0.2, 0.25) is 0 Å². The molecule has 4 aromatic rings. The summed E-state index contributed by atoms with van der Waals surface area (Å²) >= 11 is 0. The first-order valence-electron chi connectivity index (χ1n) is 15.4. The van der Waals surface area contributed by atoms with Crippen molar-refractivity contribution >= 4 is 29.8 Å². The van der Waals surface area contributed by atoms with Crippen molar-refractivity contribution in [1.82, 2.24) is 19.6 Å². The molecule has 4 aliphatic rings. The molecule has 0 bridgehead atoms. The van der Waals surface area contributed by atoms with Crippen LogP contribution < -0.4 is 5.32 Å². The van der Waals surface area contributed by atoms with Gasteiger partial charge in [-0.05, 0) is 91.6 Å². The number of hydrogen-bond donors (Lipinski definition) is 1. The Labute approximate surface area is 289 Å². The van der Waals surface area contributed by atoms with Crippen molar-refractivity contribution in [2.75, 3.05) is 26.2 Å². The van der Waals surface area contributed by atoms with Gasteiger partial charge in [0, 0.05) is 48.1 Å². The van der Waals surface area contributed by atoms with Crippen molar-refractivity contribution in [2.45, 2.75) is 22.6 Å². The molecule has 4 heterocycles. The van der Waals surface area contributed by atoms with Crippen LogP contribution in [0, 0.1) is 58.0 Å². The predicted molar refractivity (Wildman–Crippen MR) is 181 cm³/mol. The Morgan fingerprint density at radius 2 is 1.27 bits per heavy atom. The van der Waals surface area contributed by atoms with Crippen molar-refractivity contribution in [3.8, 4) is 23.7 Å². The zero-order chi connectivity index (χ0) is 34.7. The fraction of sp³-hybridized carbons (Fsp3) is 0.278. The van der Waals surface area contributed by atoms with E-state index >= 15 is 0 Å². The molecule has 4 atom stereocenters. The van der Waals surface area contributed by atoms with Crippen LogP contribution in [-0.4, -0.2) is 57.3 Å². The van der Waals surface area contributed by atoms with Gasteiger partial charge in [-0.2, -0.15) is 4.31 Å². The third kappa shape index (κ3) is 8.01. The molecule has 8 nitrogen and oxygen atoms in total. The lowest BCUT2D eigenvalue weighted by atomic mass is 10.1. The number of sulfonamides is 1. The molecule has 0 spiro atoms. The number of nitrogens with zero attached hydrogens (tertiary/aromatic N) is 3. The molecule has 49 heavy (non-hydrogen) atoms. The predicted octanol–water partition coefficient (Wildman–Crippen LogP) is 5.08. The number of benzene rings is 2. The Morgan fingerprint density at radius 1 is 0.735 bits per heavy atom. The second-order valence-electron chi connectivity index (χ2n) is 12.3. The van der Waals surface area contributed by atoms with Gasteiger partial charge in [-0.25, -0.2) is 35.6 Å². The van der Waals surface area contributed by atoms with Crippen LogP contribution in [0.15, 0.2) is 107 Å². The number of hydrogen-bond acceptors (Lipinski definition) is 7. The Bertz CT molecular complexity index is 2190. The molecule has 2 aromatic carbocycles. The van der Waals surface area contributed by atoms with Crippen molar-refractivity contribution in [1.29, 1.82) is 0 Å². The lowest BCUT2D eigenvalue weighted by Gasteiger charge is -2.19. The van der Waals surface area contributed by atoms with Gasteiger partial charge < -0.3 is 5.32 Å². The van der Waals surface area contributed by atoms with Gasteiger partial charge in [0.15, 0.2) is 0 Å². The van der Waals surface area contributed by atoms with Crippen molar-refractivity contribution < 1.29 is 25.6 Å². The number of rotatable bonds is 3. The maximum atomic E-state index is 13.9. The van der Waals surface area contributed by atoms with E-state index in [0.29, 0.717) is 24.2 Å². The number of nitrogens with one attached hydrogen (secondary N) is 1. The van der Waals surface area contributed by atoms with Gasteiger partial charge in [0.05, 0.1) is 5.41 Å². The molecule has 1 N–H and O–H groups in total. The minimum atomic E-state index is -3.94. The highest BCUT2D eigenvalue weighted by atomic mass is 35.7. The van der Waals surface area contributed by atoms with Crippen molar-refractivity contribution in [2.24, 2.45) is 22.7 Å². The minimum Gasteiger partial charge on any atom is -0.315 e. The maximum Gasteiger partial charge on any atom is 0.264 e. The maximum absolute atomic E-state index is 13.9. The van der Waals surface area contributed by atoms with Crippen molar-refractivity contribution in [3.63, 3.8) is 0 Å². The largest absolute Gasteiger partial charge is 0.315 e. The van der Waals surface area contributed by atoms with Gasteiger partial charge in [0.25, 0.3) is 9.05 Å². The molecule has 2 saturated carbocycles. The lowest BCUT2D eigenvalue weighted by molar-refractivity contribution is 0.426. The summed E-state index contributed by atoms with van der Waals surface area (Å²) in [5, 5.41) is 3.38. The molecule has 2 aromatic heterocycles. The lowest BCUT2D eigenvalue weighted by Crippen LogP contribution is -2.32. The highest BCUT2D eigenvalue weighted by molar-refractivity contribution is 8.13. The van der Waals surface area contributed by atoms with E-state index in [1.165, 1.54) is 47.1 Å². The van der Waals surface area contributed by atoms with Crippen LogP contribution >= 0.6 is 10.7 Å². The average molecular weight is 721 g/mol. The van der Waals surface area contributed by atoms with E-state index in [-0.39, 0.29) is 16.2 Å². The van der Waals surface area contributed by atoms with E-state index in [0.717, 1.165) is 43.3 Å². The molecule has 8 rings (SSSR count). The summed E-state index contributed by atoms with van der Waals surface area (Å²) in [6.07, 6.45) is 5.63. The second-order valence-corrected chi connectivity index (χ2v) is 16.7. The van der Waals surface area contributed by atoms with Gasteiger partial charge in [0.2, 0.25) is 10.0 Å². The van der Waals surface area contributed by atoms with Gasteiger partial charge in [-0.15, -0.1) is 0 Å². The average Bonchev–Trinajstić information content (AvgIpc) is 3.87. The van der Waals surface area contributed by atoms with Crippen LogP contribution in [0.25, 0.3) is 0 Å². The van der Waals surface area contributed by atoms with Gasteiger partial charge in [-0.3, -0.25) is 0 Å². The highest BCUT2D eigenvalue weighted by Gasteiger charge is 2.61. The number of fused-ring (bicyclic) bond motifs is 2. The molecule has 2 saturated heterocycles. The number of pyridine rings is 2. The smallest absolute Gasteiger partial charge is 0.264 e. The fourth-order valence-corrected chi connectivity index (χ4v) is 8.57. The molecule has 0 amide bonds. The standard InChI is InChI=1S/C18H15FN2O2S.C12H12N2.C6H4ClFO2S/c19-16-6-1-2-7-17(16)24(22,23)21-12-14-11-18(14,13-21)9-8-15-5-3-4-10-20-15;1-2-6-14-11(3-1)4-5-12-7-10(12)8-13-9-12;7-11(9,10)6-4-2-1-3-5(6)8/h1-7,10,14H,11-13H2;1-3,6,10,13H,7-9H2;1-4H. The molecule has 4 fully saturated rings. The quantitative estimate of drug-likeness (QED) is 0.232. The van der Waals surface area contributed by atoms with Crippen LogP contribution in [0.4, 0.5) is 8.78 Å². The molecule has 252 valence electrons. The first-order valence-corrected chi connectivity index (χ1v) is 19.2. The topological polar surface area (TPSA) is 109 Å². The Hall–Kier alpha value is -4.17. The van der Waals surface area contributed by atoms with E-state index in [2.05, 4.69) is 39.0 Å². The van der Waals surface area contributed by atoms with E-state index < -0.39 is 35.6 Å². The Morgan fingerprint density at radius 3 is 1.73 bits per heavy atom. The Kier molecular flexibility index (Phi) is 9.90. The van der Waals surface area contributed by atoms with E-state index in [1.807, 2.05) is 36.4 Å². The third-order valence-electron chi connectivity index (χ3n) is 8.94. The SMILES string of the molecule is C(#CC12CNCC1C2)c1ccccn1.O=S(=O)(Cl)c1ccccc1F.O=S(=O)(c1ccccc1F)N1CC2CC2(C#Cc2ccccn2)C1. The van der Waals surface area contributed by atoms with E-state index in [1.54, 1.807) is 12.4 Å². The zero-order valence-corrected chi connectivity index (χ0v) is 28.4. The number of piperidine rings is 2. The molecule has 13 heteroatoms. The molecule has 0 radical (unpaired) electrons. The Balaban J connectivity index is 0.000000141. The fourth-order valence-electron chi connectivity index (χ4n) is 6.03. The van der Waals surface area contributed by atoms with E-state index in [9.17, 15) is 25.6 Å². The van der Waals surface area contributed by atoms with Crippen molar-refractivity contribution in [3.05, 3.63) is 120 Å². The second kappa shape index (κ2) is 14.0. The van der Waals surface area contributed by atoms with Crippen LogP contribution in [-0.2, 0) is 19.1 Å². The van der Waals surface area contributed by atoms with Gasteiger partial charge in [-0.1, -0.05) is 48.2 Å². The molecular weight excluding hydrogens is 690 g/mol. The summed E-state index contributed by atoms with van der Waals surface area (Å²) in [7, 11) is -2.86. The molecular formula is C36H31ClF2N4O4S2. The highest BCUT2D eigenvalue weighted by Crippen LogP contribution is 2.58. The zero-order valence-electron chi connectivity index (χ0n) is 26.1. The number of aromatic nitrogens is 2. The molecule has 2 aliphatic carbocycles. The number of halogens is 3. The molecule has 2 aliphatic heterocycles. The van der Waals surface area contributed by atoms with Crippen LogP contribution in [0.5, 0.6) is 0 Å². The summed E-state index contributed by atoms with van der Waals surface area (Å²) < 4.78 is 74.3. The normalized spacial score (nSPS) is 24.6. The minimum absolute atomic E-state index is 0.218. The summed E-state index contributed by atoms with van der Waals surface area (Å²) in [6, 6.07) is 21.8. The summed E-state index contributed by atoms with van der Waals surface area (Å²) in [5.74, 6) is 12.3. The summed E-state index contributed by atoms with van der Waals surface area (Å²) in [5.41, 5.74) is 1.56. The molecule has 4 unspecified atom stereocenters. The first-order chi connectivity index (χ1) is 23.4. The van der Waals surface area contributed by atoms with Crippen LogP contribution in [0.3, 0.4) is 0 Å².